The molecule has 0 unspecified atom stereocenters. The molecule has 0 amide bonds. The van der Waals surface area contributed by atoms with Crippen LogP contribution in [0.3, 0.4) is 0 Å². The summed E-state index contributed by atoms with van der Waals surface area (Å²) in [5.74, 6) is 0. The first-order valence-corrected chi connectivity index (χ1v) is 8.00. The van der Waals surface area contributed by atoms with E-state index in [9.17, 15) is 4.79 Å². The average Bonchev–Trinajstić information content (AvgIpc) is 2.53. The van der Waals surface area contributed by atoms with Crippen molar-refractivity contribution in [1.82, 2.24) is 4.57 Å². The zero-order valence-corrected chi connectivity index (χ0v) is 13.4. The second kappa shape index (κ2) is 6.49. The van der Waals surface area contributed by atoms with Crippen LogP contribution in [0, 0.1) is 0 Å². The molecule has 0 saturated carbocycles. The van der Waals surface area contributed by atoms with Crippen LogP contribution in [0.15, 0.2) is 46.2 Å². The number of benzene rings is 1. The van der Waals surface area contributed by atoms with Crippen molar-refractivity contribution in [3.63, 3.8) is 0 Å². The van der Waals surface area contributed by atoms with E-state index in [1.54, 1.807) is 10.6 Å². The predicted molar refractivity (Wildman–Crippen MR) is 91.2 cm³/mol. The summed E-state index contributed by atoms with van der Waals surface area (Å²) in [6.07, 6.45) is 3.91. The van der Waals surface area contributed by atoms with Gasteiger partial charge in [0, 0.05) is 41.7 Å². The maximum atomic E-state index is 11.7. The fraction of sp³-hybridized carbons (Fsp3) is 0.333. The van der Waals surface area contributed by atoms with Crippen molar-refractivity contribution >= 4 is 17.3 Å². The Bertz CT molecular complexity index is 760. The number of hydrogen-bond donors (Lipinski definition) is 0. The van der Waals surface area contributed by atoms with Gasteiger partial charge in [0.15, 0.2) is 0 Å². The van der Waals surface area contributed by atoms with Crippen LogP contribution in [0.25, 0.3) is 0 Å². The topological polar surface area (TPSA) is 34.4 Å². The van der Waals surface area contributed by atoms with E-state index in [-0.39, 0.29) is 5.56 Å². The monoisotopic (exact) mass is 314 g/mol. The van der Waals surface area contributed by atoms with Crippen molar-refractivity contribution in [3.05, 3.63) is 68.6 Å². The molecule has 3 nitrogen and oxygen atoms in total. The summed E-state index contributed by atoms with van der Waals surface area (Å²) in [6.45, 7) is 0.763. The maximum absolute atomic E-state index is 11.7. The molecule has 0 spiro atoms. The summed E-state index contributed by atoms with van der Waals surface area (Å²) < 4.78 is 1.75. The number of halogens is 1. The fourth-order valence-corrected chi connectivity index (χ4v) is 3.06. The second-order valence-corrected chi connectivity index (χ2v) is 6.09. The SMILES string of the molecule is Cn1c2c(ccc1=O)C(=NCCc1ccc(Cl)cc1)CCC2. The molecular weight excluding hydrogens is 296 g/mol. The molecule has 1 aromatic carbocycles. The van der Waals surface area contributed by atoms with Gasteiger partial charge in [-0.05, 0) is 49.4 Å². The third kappa shape index (κ3) is 3.14. The standard InChI is InChI=1S/C18H19ClN2O/c1-21-17-4-2-3-16(15(17)9-10-18(21)22)20-12-11-13-5-7-14(19)8-6-13/h5-10H,2-4,11-12H2,1H3. The Morgan fingerprint density at radius 2 is 1.91 bits per heavy atom. The first kappa shape index (κ1) is 15.0. The third-order valence-corrected chi connectivity index (χ3v) is 4.45. The van der Waals surface area contributed by atoms with Crippen LogP contribution in [0.5, 0.6) is 0 Å². The summed E-state index contributed by atoms with van der Waals surface area (Å²) >= 11 is 5.90. The van der Waals surface area contributed by atoms with E-state index in [1.807, 2.05) is 37.4 Å². The first-order valence-electron chi connectivity index (χ1n) is 7.62. The van der Waals surface area contributed by atoms with Crippen molar-refractivity contribution in [1.29, 1.82) is 0 Å². The Balaban J connectivity index is 1.77. The Morgan fingerprint density at radius 1 is 1.14 bits per heavy atom. The summed E-state index contributed by atoms with van der Waals surface area (Å²) in [5, 5.41) is 0.761. The van der Waals surface area contributed by atoms with Gasteiger partial charge >= 0.3 is 0 Å². The van der Waals surface area contributed by atoms with E-state index in [4.69, 9.17) is 16.6 Å². The maximum Gasteiger partial charge on any atom is 0.250 e. The van der Waals surface area contributed by atoms with Gasteiger partial charge in [-0.3, -0.25) is 9.79 Å². The molecule has 1 aliphatic carbocycles. The van der Waals surface area contributed by atoms with E-state index in [1.165, 1.54) is 5.56 Å². The molecule has 0 aliphatic heterocycles. The number of pyridine rings is 1. The minimum absolute atomic E-state index is 0.0566. The Kier molecular flexibility index (Phi) is 4.44. The van der Waals surface area contributed by atoms with E-state index in [0.29, 0.717) is 0 Å². The molecule has 0 radical (unpaired) electrons. The lowest BCUT2D eigenvalue weighted by Gasteiger charge is -2.20. The lowest BCUT2D eigenvalue weighted by atomic mass is 9.93. The fourth-order valence-electron chi connectivity index (χ4n) is 2.93. The van der Waals surface area contributed by atoms with Crippen LogP contribution in [-0.2, 0) is 19.9 Å². The Morgan fingerprint density at radius 3 is 2.68 bits per heavy atom. The van der Waals surface area contributed by atoms with Crippen LogP contribution < -0.4 is 5.56 Å². The lowest BCUT2D eigenvalue weighted by molar-refractivity contribution is 0.711. The number of hydrogen-bond acceptors (Lipinski definition) is 2. The molecule has 1 aliphatic rings. The number of aromatic nitrogens is 1. The average molecular weight is 315 g/mol. The van der Waals surface area contributed by atoms with Crippen molar-refractivity contribution in [2.75, 3.05) is 6.54 Å². The molecule has 1 aromatic heterocycles. The summed E-state index contributed by atoms with van der Waals surface area (Å²) in [6, 6.07) is 11.5. The highest BCUT2D eigenvalue weighted by Gasteiger charge is 2.17. The molecule has 114 valence electrons. The molecule has 22 heavy (non-hydrogen) atoms. The molecule has 0 bridgehead atoms. The van der Waals surface area contributed by atoms with Crippen molar-refractivity contribution in [2.24, 2.45) is 12.0 Å². The molecule has 0 N–H and O–H groups in total. The molecule has 2 aromatic rings. The van der Waals surface area contributed by atoms with Gasteiger partial charge in [-0.25, -0.2) is 0 Å². The minimum Gasteiger partial charge on any atom is -0.315 e. The highest BCUT2D eigenvalue weighted by molar-refractivity contribution is 6.30. The number of aliphatic imine (C=N–C) groups is 1. The molecule has 1 heterocycles. The molecular formula is C18H19ClN2O. The van der Waals surface area contributed by atoms with Crippen molar-refractivity contribution in [2.45, 2.75) is 25.7 Å². The predicted octanol–water partition coefficient (Wildman–Crippen LogP) is 3.41. The zero-order chi connectivity index (χ0) is 15.5. The van der Waals surface area contributed by atoms with Gasteiger partial charge in [0.2, 0.25) is 5.56 Å². The molecule has 0 fully saturated rings. The summed E-state index contributed by atoms with van der Waals surface area (Å²) in [5.41, 5.74) is 4.69. The van der Waals surface area contributed by atoms with E-state index >= 15 is 0 Å². The van der Waals surface area contributed by atoms with Crippen LogP contribution in [0.2, 0.25) is 5.02 Å². The third-order valence-electron chi connectivity index (χ3n) is 4.19. The van der Waals surface area contributed by atoms with Crippen LogP contribution in [-0.4, -0.2) is 16.8 Å². The normalized spacial score (nSPS) is 15.8. The van der Waals surface area contributed by atoms with Gasteiger partial charge in [-0.1, -0.05) is 23.7 Å². The minimum atomic E-state index is 0.0566. The van der Waals surface area contributed by atoms with Crippen LogP contribution in [0.1, 0.15) is 29.7 Å². The number of rotatable bonds is 3. The van der Waals surface area contributed by atoms with Gasteiger partial charge in [0.1, 0.15) is 0 Å². The Labute approximate surface area is 135 Å². The number of fused-ring (bicyclic) bond motifs is 1. The van der Waals surface area contributed by atoms with Crippen molar-refractivity contribution < 1.29 is 0 Å². The van der Waals surface area contributed by atoms with Gasteiger partial charge in [0.25, 0.3) is 0 Å². The van der Waals surface area contributed by atoms with Crippen LogP contribution in [0.4, 0.5) is 0 Å². The highest BCUT2D eigenvalue weighted by Crippen LogP contribution is 2.20. The summed E-state index contributed by atoms with van der Waals surface area (Å²) in [7, 11) is 1.85. The van der Waals surface area contributed by atoms with Gasteiger partial charge < -0.3 is 4.57 Å². The quantitative estimate of drug-likeness (QED) is 0.855. The molecule has 4 heteroatoms. The first-order chi connectivity index (χ1) is 10.6. The van der Waals surface area contributed by atoms with Gasteiger partial charge in [-0.15, -0.1) is 0 Å². The van der Waals surface area contributed by atoms with Gasteiger partial charge in [-0.2, -0.15) is 0 Å². The van der Waals surface area contributed by atoms with Crippen LogP contribution >= 0.6 is 11.6 Å². The Hall–Kier alpha value is -1.87. The number of nitrogens with zero attached hydrogens (tertiary/aromatic N) is 2. The van der Waals surface area contributed by atoms with E-state index in [2.05, 4.69) is 0 Å². The van der Waals surface area contributed by atoms with E-state index in [0.717, 1.165) is 54.2 Å². The lowest BCUT2D eigenvalue weighted by Crippen LogP contribution is -2.25. The summed E-state index contributed by atoms with van der Waals surface area (Å²) in [4.78, 5) is 16.5. The molecule has 0 atom stereocenters. The molecule has 0 saturated heterocycles. The van der Waals surface area contributed by atoms with E-state index < -0.39 is 0 Å². The molecule has 3 rings (SSSR count). The largest absolute Gasteiger partial charge is 0.315 e. The zero-order valence-electron chi connectivity index (χ0n) is 12.7. The van der Waals surface area contributed by atoms with Crippen molar-refractivity contribution in [3.8, 4) is 0 Å². The second-order valence-electron chi connectivity index (χ2n) is 5.65. The smallest absolute Gasteiger partial charge is 0.250 e. The van der Waals surface area contributed by atoms with Gasteiger partial charge in [0.05, 0.1) is 0 Å². The highest BCUT2D eigenvalue weighted by atomic mass is 35.5.